The maximum Gasteiger partial charge on any atom is 0.270 e. The fourth-order valence-corrected chi connectivity index (χ4v) is 2.97. The Morgan fingerprint density at radius 2 is 2.28 bits per heavy atom. The van der Waals surface area contributed by atoms with Crippen molar-refractivity contribution in [1.82, 2.24) is 9.88 Å². The van der Waals surface area contributed by atoms with Crippen LogP contribution in [0.15, 0.2) is 6.07 Å². The molecule has 1 fully saturated rings. The van der Waals surface area contributed by atoms with Crippen LogP contribution in [0.25, 0.3) is 0 Å². The van der Waals surface area contributed by atoms with Gasteiger partial charge in [-0.25, -0.2) is 0 Å². The van der Waals surface area contributed by atoms with E-state index in [0.29, 0.717) is 28.3 Å². The first-order valence-corrected chi connectivity index (χ1v) is 6.81. The molecule has 2 unspecified atom stereocenters. The molecule has 1 heterocycles. The van der Waals surface area contributed by atoms with Crippen LogP contribution in [0.2, 0.25) is 10.2 Å². The van der Waals surface area contributed by atoms with Crippen molar-refractivity contribution >= 4 is 29.1 Å². The number of H-pyrrole nitrogens is 1. The van der Waals surface area contributed by atoms with E-state index in [1.54, 1.807) is 11.0 Å². The molecule has 1 amide bonds. The van der Waals surface area contributed by atoms with E-state index in [1.165, 1.54) is 0 Å². The maximum atomic E-state index is 12.3. The minimum atomic E-state index is -0.0888. The molecule has 100 valence electrons. The third-order valence-electron chi connectivity index (χ3n) is 3.70. The van der Waals surface area contributed by atoms with E-state index in [4.69, 9.17) is 28.9 Å². The van der Waals surface area contributed by atoms with Gasteiger partial charge in [0.1, 0.15) is 10.8 Å². The zero-order valence-corrected chi connectivity index (χ0v) is 11.8. The highest BCUT2D eigenvalue weighted by molar-refractivity contribution is 6.41. The van der Waals surface area contributed by atoms with Crippen LogP contribution in [0, 0.1) is 5.92 Å². The molecule has 18 heavy (non-hydrogen) atoms. The molecule has 2 atom stereocenters. The fourth-order valence-electron chi connectivity index (χ4n) is 2.66. The van der Waals surface area contributed by atoms with Crippen molar-refractivity contribution in [2.24, 2.45) is 11.7 Å². The van der Waals surface area contributed by atoms with Crippen molar-refractivity contribution in [1.29, 1.82) is 0 Å². The van der Waals surface area contributed by atoms with Crippen LogP contribution < -0.4 is 5.73 Å². The van der Waals surface area contributed by atoms with Crippen LogP contribution in [-0.4, -0.2) is 35.4 Å². The number of hydrogen-bond donors (Lipinski definition) is 2. The molecule has 3 N–H and O–H groups in total. The molecule has 0 aromatic carbocycles. The lowest BCUT2D eigenvalue weighted by molar-refractivity contribution is 0.0694. The van der Waals surface area contributed by atoms with Crippen molar-refractivity contribution in [2.45, 2.75) is 25.3 Å². The first-order valence-electron chi connectivity index (χ1n) is 6.05. The van der Waals surface area contributed by atoms with Gasteiger partial charge in [-0.2, -0.15) is 0 Å². The number of aromatic nitrogens is 1. The smallest absolute Gasteiger partial charge is 0.270 e. The van der Waals surface area contributed by atoms with E-state index in [1.807, 2.05) is 7.05 Å². The highest BCUT2D eigenvalue weighted by atomic mass is 35.5. The molecule has 0 bridgehead atoms. The molecule has 1 aliphatic rings. The van der Waals surface area contributed by atoms with Gasteiger partial charge in [0.05, 0.1) is 5.02 Å². The Morgan fingerprint density at radius 3 is 2.83 bits per heavy atom. The van der Waals surface area contributed by atoms with Crippen LogP contribution in [0.3, 0.4) is 0 Å². The van der Waals surface area contributed by atoms with Gasteiger partial charge in [-0.15, -0.1) is 0 Å². The summed E-state index contributed by atoms with van der Waals surface area (Å²) in [7, 11) is 1.81. The fraction of sp³-hybridized carbons (Fsp3) is 0.583. The Hall–Kier alpha value is -0.710. The Labute approximate surface area is 116 Å². The second kappa shape index (κ2) is 5.51. The number of nitrogens with zero attached hydrogens (tertiary/aromatic N) is 1. The topological polar surface area (TPSA) is 62.1 Å². The Bertz CT molecular complexity index is 427. The summed E-state index contributed by atoms with van der Waals surface area (Å²) in [5, 5.41) is 0.672. The minimum absolute atomic E-state index is 0.0888. The summed E-state index contributed by atoms with van der Waals surface area (Å²) in [5.41, 5.74) is 6.17. The number of amides is 1. The Kier molecular flexibility index (Phi) is 4.20. The average Bonchev–Trinajstić information content (AvgIpc) is 2.95. The number of rotatable bonds is 3. The van der Waals surface area contributed by atoms with E-state index in [0.717, 1.165) is 19.3 Å². The van der Waals surface area contributed by atoms with Crippen LogP contribution in [0.1, 0.15) is 29.8 Å². The van der Waals surface area contributed by atoms with E-state index in [-0.39, 0.29) is 11.9 Å². The van der Waals surface area contributed by atoms with Gasteiger partial charge in [0.2, 0.25) is 0 Å². The summed E-state index contributed by atoms with van der Waals surface area (Å²) in [5.74, 6) is 0.300. The van der Waals surface area contributed by atoms with Gasteiger partial charge in [-0.1, -0.05) is 29.6 Å². The zero-order valence-electron chi connectivity index (χ0n) is 10.2. The first-order chi connectivity index (χ1) is 8.54. The molecule has 1 aromatic rings. The maximum absolute atomic E-state index is 12.3. The highest BCUT2D eigenvalue weighted by Gasteiger charge is 2.32. The van der Waals surface area contributed by atoms with E-state index in [2.05, 4.69) is 4.98 Å². The third kappa shape index (κ3) is 2.51. The van der Waals surface area contributed by atoms with Crippen molar-refractivity contribution in [3.05, 3.63) is 21.9 Å². The van der Waals surface area contributed by atoms with Crippen LogP contribution >= 0.6 is 23.2 Å². The molecule has 0 radical (unpaired) electrons. The quantitative estimate of drug-likeness (QED) is 0.898. The lowest BCUT2D eigenvalue weighted by atomic mass is 10.0. The molecule has 1 aliphatic carbocycles. The molecular weight excluding hydrogens is 273 g/mol. The normalized spacial score (nSPS) is 23.3. The van der Waals surface area contributed by atoms with E-state index >= 15 is 0 Å². The van der Waals surface area contributed by atoms with Gasteiger partial charge in [0.15, 0.2) is 0 Å². The molecular formula is C12H17Cl2N3O. The van der Waals surface area contributed by atoms with Crippen LogP contribution in [-0.2, 0) is 0 Å². The monoisotopic (exact) mass is 289 g/mol. The molecule has 1 saturated carbocycles. The Morgan fingerprint density at radius 1 is 1.56 bits per heavy atom. The lowest BCUT2D eigenvalue weighted by Gasteiger charge is -2.28. The second-order valence-corrected chi connectivity index (χ2v) is 5.54. The lowest BCUT2D eigenvalue weighted by Crippen LogP contribution is -2.41. The third-order valence-corrected chi connectivity index (χ3v) is 4.39. The van der Waals surface area contributed by atoms with Gasteiger partial charge in [0.25, 0.3) is 5.91 Å². The molecule has 2 rings (SSSR count). The number of nitrogens with one attached hydrogen (secondary N) is 1. The first kappa shape index (κ1) is 13.7. The SMILES string of the molecule is CN(C(=O)c1cc(Cl)c(Cl)[nH]1)C1CCCC1CN. The van der Waals surface area contributed by atoms with Gasteiger partial charge in [-0.3, -0.25) is 4.79 Å². The summed E-state index contributed by atoms with van der Waals surface area (Å²) in [4.78, 5) is 16.8. The number of aromatic amines is 1. The zero-order chi connectivity index (χ0) is 13.3. The molecule has 6 heteroatoms. The minimum Gasteiger partial charge on any atom is -0.340 e. The van der Waals surface area contributed by atoms with Gasteiger partial charge < -0.3 is 15.6 Å². The standard InChI is InChI=1S/C12H17Cl2N3O/c1-17(10-4-2-3-7(10)6-15)12(18)9-5-8(13)11(14)16-9/h5,7,10,16H,2-4,6,15H2,1H3. The van der Waals surface area contributed by atoms with Crippen molar-refractivity contribution < 1.29 is 4.79 Å². The molecule has 0 aliphatic heterocycles. The Balaban J connectivity index is 2.13. The second-order valence-electron chi connectivity index (χ2n) is 4.76. The summed E-state index contributed by atoms with van der Waals surface area (Å²) >= 11 is 11.7. The van der Waals surface area contributed by atoms with Crippen molar-refractivity contribution in [3.8, 4) is 0 Å². The number of halogens is 2. The molecule has 4 nitrogen and oxygen atoms in total. The summed E-state index contributed by atoms with van der Waals surface area (Å²) in [6.07, 6.45) is 3.22. The average molecular weight is 290 g/mol. The van der Waals surface area contributed by atoms with Crippen LogP contribution in [0.5, 0.6) is 0 Å². The molecule has 0 saturated heterocycles. The number of hydrogen-bond acceptors (Lipinski definition) is 2. The summed E-state index contributed by atoms with van der Waals surface area (Å²) in [6.45, 7) is 0.620. The van der Waals surface area contributed by atoms with E-state index < -0.39 is 0 Å². The van der Waals surface area contributed by atoms with Gasteiger partial charge >= 0.3 is 0 Å². The molecule has 1 aromatic heterocycles. The van der Waals surface area contributed by atoms with Gasteiger partial charge in [0, 0.05) is 13.1 Å². The molecule has 0 spiro atoms. The number of carbonyl (C=O) groups excluding carboxylic acids is 1. The van der Waals surface area contributed by atoms with Gasteiger partial charge in [-0.05, 0) is 31.4 Å². The largest absolute Gasteiger partial charge is 0.340 e. The van der Waals surface area contributed by atoms with Crippen molar-refractivity contribution in [2.75, 3.05) is 13.6 Å². The predicted octanol–water partition coefficient (Wildman–Crippen LogP) is 2.52. The van der Waals surface area contributed by atoms with E-state index in [9.17, 15) is 4.79 Å². The highest BCUT2D eigenvalue weighted by Crippen LogP contribution is 2.30. The predicted molar refractivity (Wildman–Crippen MR) is 73.1 cm³/mol. The van der Waals surface area contributed by atoms with Crippen molar-refractivity contribution in [3.63, 3.8) is 0 Å². The summed E-state index contributed by atoms with van der Waals surface area (Å²) in [6, 6.07) is 1.78. The number of carbonyl (C=O) groups is 1. The summed E-state index contributed by atoms with van der Waals surface area (Å²) < 4.78 is 0. The van der Waals surface area contributed by atoms with Crippen LogP contribution in [0.4, 0.5) is 0 Å². The number of nitrogens with two attached hydrogens (primary N) is 1.